The summed E-state index contributed by atoms with van der Waals surface area (Å²) in [7, 11) is 5.38. The second-order valence-corrected chi connectivity index (χ2v) is 8.94. The van der Waals surface area contributed by atoms with Gasteiger partial charge in [-0.05, 0) is 36.4 Å². The van der Waals surface area contributed by atoms with Crippen molar-refractivity contribution >= 4 is 29.4 Å². The average molecular weight is 550 g/mol. The van der Waals surface area contributed by atoms with E-state index in [-0.39, 0.29) is 28.2 Å². The summed E-state index contributed by atoms with van der Waals surface area (Å²) in [5, 5.41) is 16.3. The van der Waals surface area contributed by atoms with Crippen molar-refractivity contribution in [3.05, 3.63) is 88.1 Å². The molecule has 4 aromatic rings. The molecule has 0 aliphatic carbocycles. The molecule has 0 aliphatic rings. The van der Waals surface area contributed by atoms with Crippen LogP contribution in [-0.2, 0) is 9.47 Å². The van der Waals surface area contributed by atoms with E-state index in [0.29, 0.717) is 27.0 Å². The highest BCUT2D eigenvalue weighted by Crippen LogP contribution is 2.44. The first-order valence-corrected chi connectivity index (χ1v) is 12.2. The average Bonchev–Trinajstić information content (AvgIpc) is 3.37. The van der Waals surface area contributed by atoms with Crippen molar-refractivity contribution in [2.24, 2.45) is 0 Å². The number of carbonyl (C=O) groups is 2. The number of nitro benzene ring substituents is 1. The molecule has 0 N–H and O–H groups in total. The molecular weight excluding hydrogens is 526 g/mol. The number of nitro groups is 1. The van der Waals surface area contributed by atoms with E-state index in [0.717, 1.165) is 7.11 Å². The van der Waals surface area contributed by atoms with Crippen LogP contribution < -0.4 is 9.47 Å². The van der Waals surface area contributed by atoms with Gasteiger partial charge in [0.25, 0.3) is 5.69 Å². The predicted molar refractivity (Wildman–Crippen MR) is 142 cm³/mol. The zero-order chi connectivity index (χ0) is 28.1. The Morgan fingerprint density at radius 3 is 2.21 bits per heavy atom. The number of ether oxygens (including phenoxy) is 4. The molecule has 0 bridgehead atoms. The summed E-state index contributed by atoms with van der Waals surface area (Å²) < 4.78 is 22.1. The molecule has 0 aliphatic heterocycles. The van der Waals surface area contributed by atoms with E-state index >= 15 is 0 Å². The molecule has 3 aromatic carbocycles. The van der Waals surface area contributed by atoms with Crippen LogP contribution in [0.4, 0.5) is 5.69 Å². The molecule has 0 spiro atoms. The van der Waals surface area contributed by atoms with Crippen LogP contribution in [0.5, 0.6) is 11.5 Å². The number of aromatic nitrogens is 2. The van der Waals surface area contributed by atoms with Crippen molar-refractivity contribution in [1.82, 2.24) is 9.78 Å². The molecule has 1 aromatic heterocycles. The summed E-state index contributed by atoms with van der Waals surface area (Å²) in [5.41, 5.74) is 0.0543. The SMILES string of the molecule is COC(=O)c1c(-c2cc([N+](=O)[O-])ccc2Sc2cc(OC)ccc2OC)nn(-c2ccccc2)c1C(=O)OC. The first-order chi connectivity index (χ1) is 18.8. The Morgan fingerprint density at radius 1 is 0.872 bits per heavy atom. The summed E-state index contributed by atoms with van der Waals surface area (Å²) in [6, 6.07) is 18.0. The maximum atomic E-state index is 13.1. The molecule has 1 heterocycles. The zero-order valence-corrected chi connectivity index (χ0v) is 22.2. The number of methoxy groups -OCH3 is 4. The monoisotopic (exact) mass is 549 g/mol. The molecule has 0 atom stereocenters. The van der Waals surface area contributed by atoms with Gasteiger partial charge in [-0.2, -0.15) is 5.10 Å². The predicted octanol–water partition coefficient (Wildman–Crippen LogP) is 5.19. The van der Waals surface area contributed by atoms with Crippen LogP contribution in [0.25, 0.3) is 16.9 Å². The third-order valence-corrected chi connectivity index (χ3v) is 6.79. The number of rotatable bonds is 9. The molecule has 200 valence electrons. The van der Waals surface area contributed by atoms with Crippen LogP contribution in [-0.4, -0.2) is 55.1 Å². The summed E-state index contributed by atoms with van der Waals surface area (Å²) in [5.74, 6) is -0.609. The van der Waals surface area contributed by atoms with Crippen LogP contribution in [0.2, 0.25) is 0 Å². The van der Waals surface area contributed by atoms with Crippen LogP contribution in [0.15, 0.2) is 76.5 Å². The minimum absolute atomic E-state index is 0.000772. The lowest BCUT2D eigenvalue weighted by Crippen LogP contribution is -2.15. The van der Waals surface area contributed by atoms with E-state index in [2.05, 4.69) is 5.10 Å². The lowest BCUT2D eigenvalue weighted by molar-refractivity contribution is -0.384. The molecule has 12 heteroatoms. The van der Waals surface area contributed by atoms with Gasteiger partial charge in [0.15, 0.2) is 5.69 Å². The maximum Gasteiger partial charge on any atom is 0.357 e. The Labute approximate surface area is 227 Å². The van der Waals surface area contributed by atoms with Crippen molar-refractivity contribution in [3.63, 3.8) is 0 Å². The van der Waals surface area contributed by atoms with E-state index < -0.39 is 16.9 Å². The molecule has 0 fully saturated rings. The topological polar surface area (TPSA) is 132 Å². The number of para-hydroxylation sites is 1. The Bertz CT molecular complexity index is 1550. The highest BCUT2D eigenvalue weighted by Gasteiger charge is 2.33. The number of benzene rings is 3. The fourth-order valence-electron chi connectivity index (χ4n) is 3.83. The first kappa shape index (κ1) is 27.2. The van der Waals surface area contributed by atoms with Gasteiger partial charge in [0.2, 0.25) is 0 Å². The molecule has 39 heavy (non-hydrogen) atoms. The molecule has 0 unspecified atom stereocenters. The van der Waals surface area contributed by atoms with Gasteiger partial charge in [0.1, 0.15) is 22.8 Å². The number of esters is 2. The van der Waals surface area contributed by atoms with Crippen molar-refractivity contribution < 1.29 is 33.5 Å². The second kappa shape index (κ2) is 11.7. The summed E-state index contributed by atoms with van der Waals surface area (Å²) >= 11 is 1.22. The van der Waals surface area contributed by atoms with E-state index in [1.165, 1.54) is 56.0 Å². The highest BCUT2D eigenvalue weighted by molar-refractivity contribution is 7.99. The standard InChI is InChI=1S/C27H23N3O8S/c1-35-18-11-12-20(36-2)22(15-18)39-21-13-10-17(30(33)34)14-19(21)24-23(26(31)37-3)25(27(32)38-4)29(28-24)16-8-6-5-7-9-16/h5-15H,1-4H3. The quantitative estimate of drug-likeness (QED) is 0.156. The number of hydrogen-bond acceptors (Lipinski definition) is 10. The molecular formula is C27H23N3O8S. The number of carbonyl (C=O) groups excluding carboxylic acids is 2. The fraction of sp³-hybridized carbons (Fsp3) is 0.148. The Morgan fingerprint density at radius 2 is 1.59 bits per heavy atom. The minimum atomic E-state index is -0.867. The number of non-ortho nitro benzene ring substituents is 1. The van der Waals surface area contributed by atoms with Gasteiger partial charge in [-0.1, -0.05) is 30.0 Å². The summed E-state index contributed by atoms with van der Waals surface area (Å²) in [6.45, 7) is 0. The number of hydrogen-bond donors (Lipinski definition) is 0. The van der Waals surface area contributed by atoms with Crippen LogP contribution in [0.3, 0.4) is 0 Å². The van der Waals surface area contributed by atoms with Gasteiger partial charge >= 0.3 is 11.9 Å². The molecule has 11 nitrogen and oxygen atoms in total. The smallest absolute Gasteiger partial charge is 0.357 e. The van der Waals surface area contributed by atoms with Gasteiger partial charge in [-0.15, -0.1) is 0 Å². The summed E-state index contributed by atoms with van der Waals surface area (Å²) in [6.07, 6.45) is 0. The van der Waals surface area contributed by atoms with E-state index in [1.807, 2.05) is 0 Å². The maximum absolute atomic E-state index is 13.1. The van der Waals surface area contributed by atoms with E-state index in [9.17, 15) is 19.7 Å². The van der Waals surface area contributed by atoms with Gasteiger partial charge in [-0.25, -0.2) is 14.3 Å². The van der Waals surface area contributed by atoms with Crippen molar-refractivity contribution in [2.45, 2.75) is 9.79 Å². The zero-order valence-electron chi connectivity index (χ0n) is 21.4. The Balaban J connectivity index is 2.04. The largest absolute Gasteiger partial charge is 0.497 e. The van der Waals surface area contributed by atoms with Crippen molar-refractivity contribution in [2.75, 3.05) is 28.4 Å². The van der Waals surface area contributed by atoms with E-state index in [1.54, 1.807) is 48.5 Å². The van der Waals surface area contributed by atoms with E-state index in [4.69, 9.17) is 18.9 Å². The molecule has 0 saturated carbocycles. The molecule has 0 amide bonds. The minimum Gasteiger partial charge on any atom is -0.497 e. The van der Waals surface area contributed by atoms with Crippen molar-refractivity contribution in [3.8, 4) is 28.4 Å². The molecule has 4 rings (SSSR count). The second-order valence-electron chi connectivity index (χ2n) is 7.86. The highest BCUT2D eigenvalue weighted by atomic mass is 32.2. The lowest BCUT2D eigenvalue weighted by Gasteiger charge is -2.13. The Hall–Kier alpha value is -4.84. The third-order valence-electron chi connectivity index (χ3n) is 5.67. The molecule has 0 radical (unpaired) electrons. The normalized spacial score (nSPS) is 10.6. The van der Waals surface area contributed by atoms with Crippen molar-refractivity contribution in [1.29, 1.82) is 0 Å². The van der Waals surface area contributed by atoms with Gasteiger partial charge in [0.05, 0.1) is 43.9 Å². The van der Waals surface area contributed by atoms with Crippen LogP contribution in [0.1, 0.15) is 20.8 Å². The fourth-order valence-corrected chi connectivity index (χ4v) is 4.90. The number of nitrogens with zero attached hydrogens (tertiary/aromatic N) is 3. The Kier molecular flexibility index (Phi) is 8.15. The van der Waals surface area contributed by atoms with Gasteiger partial charge in [-0.3, -0.25) is 10.1 Å². The lowest BCUT2D eigenvalue weighted by atomic mass is 10.0. The van der Waals surface area contributed by atoms with Gasteiger partial charge < -0.3 is 18.9 Å². The van der Waals surface area contributed by atoms with Crippen LogP contribution >= 0.6 is 11.8 Å². The van der Waals surface area contributed by atoms with Gasteiger partial charge in [0, 0.05) is 22.6 Å². The first-order valence-electron chi connectivity index (χ1n) is 11.4. The van der Waals surface area contributed by atoms with Crippen LogP contribution in [0, 0.1) is 10.1 Å². The summed E-state index contributed by atoms with van der Waals surface area (Å²) in [4.78, 5) is 38.4. The third kappa shape index (κ3) is 5.41. The molecule has 0 saturated heterocycles.